The molecule has 0 aliphatic carbocycles. The zero-order valence-electron chi connectivity index (χ0n) is 17.5. The Bertz CT molecular complexity index is 1120. The fourth-order valence-electron chi connectivity index (χ4n) is 3.48. The maximum Gasteiger partial charge on any atom is 0.229 e. The molecule has 1 atom stereocenters. The van der Waals surface area contributed by atoms with Crippen LogP contribution in [-0.4, -0.2) is 28.5 Å². The highest BCUT2D eigenvalue weighted by molar-refractivity contribution is 7.16. The molecule has 1 aromatic carbocycles. The molecule has 30 heavy (non-hydrogen) atoms. The lowest BCUT2D eigenvalue weighted by molar-refractivity contribution is -0.122. The maximum atomic E-state index is 12.9. The first-order valence-corrected chi connectivity index (χ1v) is 10.8. The van der Waals surface area contributed by atoms with Crippen molar-refractivity contribution in [3.63, 3.8) is 0 Å². The molecule has 2 amide bonds. The van der Waals surface area contributed by atoms with Crippen LogP contribution in [0.4, 0.5) is 11.4 Å². The number of carbonyl (C=O) groups excluding carboxylic acids is 2. The van der Waals surface area contributed by atoms with Crippen LogP contribution in [0, 0.1) is 26.7 Å². The summed E-state index contributed by atoms with van der Waals surface area (Å²) in [6.45, 7) is 8.33. The molecule has 0 radical (unpaired) electrons. The van der Waals surface area contributed by atoms with E-state index in [4.69, 9.17) is 4.52 Å². The number of thiophene rings is 1. The molecule has 0 spiro atoms. The van der Waals surface area contributed by atoms with Gasteiger partial charge in [-0.2, -0.15) is 4.98 Å². The van der Waals surface area contributed by atoms with Gasteiger partial charge in [0.25, 0.3) is 0 Å². The zero-order valence-corrected chi connectivity index (χ0v) is 18.3. The van der Waals surface area contributed by atoms with Gasteiger partial charge in [0.2, 0.25) is 23.5 Å². The first kappa shape index (κ1) is 20.3. The van der Waals surface area contributed by atoms with E-state index in [-0.39, 0.29) is 18.2 Å². The van der Waals surface area contributed by atoms with Crippen molar-refractivity contribution in [2.45, 2.75) is 40.5 Å². The lowest BCUT2D eigenvalue weighted by Crippen LogP contribution is -2.28. The van der Waals surface area contributed by atoms with Crippen LogP contribution in [0.5, 0.6) is 0 Å². The molecule has 1 aliphatic heterocycles. The number of anilines is 2. The number of carbonyl (C=O) groups is 2. The first-order chi connectivity index (χ1) is 14.4. The van der Waals surface area contributed by atoms with E-state index in [9.17, 15) is 9.59 Å². The molecule has 3 aromatic rings. The van der Waals surface area contributed by atoms with E-state index in [2.05, 4.69) is 15.5 Å². The van der Waals surface area contributed by atoms with E-state index in [1.165, 1.54) is 16.9 Å². The van der Waals surface area contributed by atoms with Gasteiger partial charge in [0.1, 0.15) is 0 Å². The minimum atomic E-state index is -0.390. The number of hydrogen-bond donors (Lipinski definition) is 1. The Balaban J connectivity index is 1.46. The second-order valence-corrected chi connectivity index (χ2v) is 8.87. The van der Waals surface area contributed by atoms with Gasteiger partial charge in [-0.1, -0.05) is 18.1 Å². The van der Waals surface area contributed by atoms with Gasteiger partial charge in [-0.15, -0.1) is 11.3 Å². The second-order valence-electron chi connectivity index (χ2n) is 7.61. The molecule has 1 aliphatic rings. The summed E-state index contributed by atoms with van der Waals surface area (Å²) in [6.07, 6.45) is 0.882. The van der Waals surface area contributed by atoms with E-state index in [0.717, 1.165) is 26.7 Å². The number of benzene rings is 1. The monoisotopic (exact) mass is 424 g/mol. The fourth-order valence-corrected chi connectivity index (χ4v) is 4.38. The van der Waals surface area contributed by atoms with E-state index in [1.54, 1.807) is 4.90 Å². The normalized spacial score (nSPS) is 16.3. The summed E-state index contributed by atoms with van der Waals surface area (Å²) in [5, 5.41) is 6.98. The van der Waals surface area contributed by atoms with Crippen molar-refractivity contribution in [2.75, 3.05) is 16.8 Å². The predicted octanol–water partition coefficient (Wildman–Crippen LogP) is 4.28. The van der Waals surface area contributed by atoms with Crippen molar-refractivity contribution >= 4 is 34.5 Å². The van der Waals surface area contributed by atoms with Gasteiger partial charge in [-0.05, 0) is 50.1 Å². The van der Waals surface area contributed by atoms with Gasteiger partial charge in [0.15, 0.2) is 0 Å². The van der Waals surface area contributed by atoms with Gasteiger partial charge in [0, 0.05) is 30.0 Å². The molecule has 2 aromatic heterocycles. The fraction of sp³-hybridized carbons (Fsp3) is 0.364. The molecule has 1 fully saturated rings. The number of nitrogens with one attached hydrogen (secondary N) is 1. The standard InChI is InChI=1S/C22H24N4O3S/c1-5-19-24-21(25-29-19)18-10-17(14(4)30-18)23-22(28)15-9-20(27)26(11-15)16-7-6-12(2)13(3)8-16/h6-8,10,15H,5,9,11H2,1-4H3,(H,23,28)/t15-/m0/s1. The Morgan fingerprint density at radius 2 is 2.07 bits per heavy atom. The van der Waals surface area contributed by atoms with Gasteiger partial charge < -0.3 is 14.7 Å². The molecule has 8 heteroatoms. The molecule has 0 saturated carbocycles. The largest absolute Gasteiger partial charge is 0.339 e. The summed E-state index contributed by atoms with van der Waals surface area (Å²) < 4.78 is 5.18. The third kappa shape index (κ3) is 3.87. The zero-order chi connectivity index (χ0) is 21.4. The lowest BCUT2D eigenvalue weighted by Gasteiger charge is -2.18. The van der Waals surface area contributed by atoms with Crippen LogP contribution in [0.25, 0.3) is 10.7 Å². The van der Waals surface area contributed by atoms with Crippen LogP contribution in [0.3, 0.4) is 0 Å². The van der Waals surface area contributed by atoms with Gasteiger partial charge in [-0.25, -0.2) is 0 Å². The topological polar surface area (TPSA) is 88.3 Å². The maximum absolute atomic E-state index is 12.9. The second kappa shape index (κ2) is 8.02. The van der Waals surface area contributed by atoms with Crippen molar-refractivity contribution in [1.82, 2.24) is 10.1 Å². The number of aryl methyl sites for hydroxylation is 4. The minimum absolute atomic E-state index is 0.0278. The summed E-state index contributed by atoms with van der Waals surface area (Å²) in [5.41, 5.74) is 3.87. The van der Waals surface area contributed by atoms with Gasteiger partial charge in [0.05, 0.1) is 16.5 Å². The molecule has 4 rings (SSSR count). The van der Waals surface area contributed by atoms with Crippen molar-refractivity contribution in [2.24, 2.45) is 5.92 Å². The molecule has 7 nitrogen and oxygen atoms in total. The van der Waals surface area contributed by atoms with Crippen LogP contribution in [0.1, 0.15) is 35.2 Å². The van der Waals surface area contributed by atoms with Gasteiger partial charge >= 0.3 is 0 Å². The predicted molar refractivity (Wildman–Crippen MR) is 117 cm³/mol. The summed E-state index contributed by atoms with van der Waals surface area (Å²) in [6, 6.07) is 7.80. The number of rotatable bonds is 5. The quantitative estimate of drug-likeness (QED) is 0.660. The molecule has 0 bridgehead atoms. The Kier molecular flexibility index (Phi) is 5.42. The Morgan fingerprint density at radius 3 is 2.77 bits per heavy atom. The average molecular weight is 425 g/mol. The molecule has 0 unspecified atom stereocenters. The Morgan fingerprint density at radius 1 is 1.27 bits per heavy atom. The van der Waals surface area contributed by atoms with E-state index in [1.807, 2.05) is 52.0 Å². The van der Waals surface area contributed by atoms with Crippen LogP contribution < -0.4 is 10.2 Å². The SMILES string of the molecule is CCc1nc(-c2cc(NC(=O)[C@H]3CC(=O)N(c4ccc(C)c(C)c4)C3)c(C)s2)no1. The molecular weight excluding hydrogens is 400 g/mol. The summed E-state index contributed by atoms with van der Waals surface area (Å²) >= 11 is 1.50. The summed E-state index contributed by atoms with van der Waals surface area (Å²) in [4.78, 5) is 33.3. The van der Waals surface area contributed by atoms with E-state index >= 15 is 0 Å². The highest BCUT2D eigenvalue weighted by atomic mass is 32.1. The minimum Gasteiger partial charge on any atom is -0.339 e. The van der Waals surface area contributed by atoms with Crippen molar-refractivity contribution in [3.05, 3.63) is 46.2 Å². The molecule has 1 saturated heterocycles. The summed E-state index contributed by atoms with van der Waals surface area (Å²) in [5.74, 6) is 0.540. The Labute approximate surface area is 179 Å². The van der Waals surface area contributed by atoms with Crippen molar-refractivity contribution < 1.29 is 14.1 Å². The van der Waals surface area contributed by atoms with Crippen molar-refractivity contribution in [1.29, 1.82) is 0 Å². The third-order valence-electron chi connectivity index (χ3n) is 5.46. The molecule has 156 valence electrons. The average Bonchev–Trinajstić information content (AvgIpc) is 3.43. The third-order valence-corrected chi connectivity index (χ3v) is 6.51. The van der Waals surface area contributed by atoms with Crippen LogP contribution >= 0.6 is 11.3 Å². The highest BCUT2D eigenvalue weighted by Crippen LogP contribution is 2.34. The van der Waals surface area contributed by atoms with E-state index in [0.29, 0.717) is 24.7 Å². The first-order valence-electron chi connectivity index (χ1n) is 9.97. The molecule has 1 N–H and O–H groups in total. The van der Waals surface area contributed by atoms with Gasteiger partial charge in [-0.3, -0.25) is 9.59 Å². The highest BCUT2D eigenvalue weighted by Gasteiger charge is 2.35. The Hall–Kier alpha value is -3.00. The van der Waals surface area contributed by atoms with Crippen LogP contribution in [-0.2, 0) is 16.0 Å². The van der Waals surface area contributed by atoms with Crippen molar-refractivity contribution in [3.8, 4) is 10.7 Å². The van der Waals surface area contributed by atoms with E-state index < -0.39 is 5.92 Å². The number of hydrogen-bond acceptors (Lipinski definition) is 6. The lowest BCUT2D eigenvalue weighted by atomic mass is 10.1. The van der Waals surface area contributed by atoms with Crippen LogP contribution in [0.15, 0.2) is 28.8 Å². The molecular formula is C22H24N4O3S. The van der Waals surface area contributed by atoms with Crippen LogP contribution in [0.2, 0.25) is 0 Å². The number of nitrogens with zero attached hydrogens (tertiary/aromatic N) is 3. The summed E-state index contributed by atoms with van der Waals surface area (Å²) in [7, 11) is 0. The molecule has 3 heterocycles. The number of aromatic nitrogens is 2. The number of amides is 2. The smallest absolute Gasteiger partial charge is 0.229 e.